The molecule has 1 N–H and O–H groups in total. The Labute approximate surface area is 141 Å². The van der Waals surface area contributed by atoms with Crippen LogP contribution in [-0.2, 0) is 4.79 Å². The summed E-state index contributed by atoms with van der Waals surface area (Å²) in [4.78, 5) is 12.4. The minimum Gasteiger partial charge on any atom is -0.497 e. The summed E-state index contributed by atoms with van der Waals surface area (Å²) < 4.78 is 15.6. The van der Waals surface area contributed by atoms with Crippen LogP contribution in [-0.4, -0.2) is 27.2 Å². The van der Waals surface area contributed by atoms with E-state index < -0.39 is 0 Å². The second kappa shape index (κ2) is 6.83. The number of benzene rings is 2. The van der Waals surface area contributed by atoms with Crippen LogP contribution in [0.4, 0.5) is 5.69 Å². The van der Waals surface area contributed by atoms with E-state index >= 15 is 0 Å². The Kier molecular flexibility index (Phi) is 4.60. The lowest BCUT2D eigenvalue weighted by Crippen LogP contribution is -2.14. The Morgan fingerprint density at radius 3 is 2.29 bits per heavy atom. The summed E-state index contributed by atoms with van der Waals surface area (Å²) in [7, 11) is 4.80. The fraction of sp³-hybridized carbons (Fsp3) is 0.316. The summed E-state index contributed by atoms with van der Waals surface area (Å²) in [5.74, 6) is 2.37. The molecular formula is C19H21NO4. The van der Waals surface area contributed by atoms with Crippen molar-refractivity contribution in [2.24, 2.45) is 5.92 Å². The smallest absolute Gasteiger partial charge is 0.228 e. The monoisotopic (exact) mass is 327 g/mol. The van der Waals surface area contributed by atoms with Crippen molar-refractivity contribution < 1.29 is 19.0 Å². The highest BCUT2D eigenvalue weighted by atomic mass is 16.5. The lowest BCUT2D eigenvalue weighted by Gasteiger charge is -2.10. The number of hydrogen-bond acceptors (Lipinski definition) is 4. The van der Waals surface area contributed by atoms with Crippen molar-refractivity contribution in [3.8, 4) is 17.2 Å². The summed E-state index contributed by atoms with van der Waals surface area (Å²) in [6.45, 7) is 0. The first-order valence-corrected chi connectivity index (χ1v) is 7.83. The number of rotatable bonds is 6. The van der Waals surface area contributed by atoms with Crippen LogP contribution in [0.1, 0.15) is 17.9 Å². The van der Waals surface area contributed by atoms with Crippen LogP contribution >= 0.6 is 0 Å². The van der Waals surface area contributed by atoms with Crippen molar-refractivity contribution in [2.75, 3.05) is 26.6 Å². The van der Waals surface area contributed by atoms with Crippen LogP contribution in [0.2, 0.25) is 0 Å². The molecule has 2 aromatic rings. The molecule has 5 heteroatoms. The van der Waals surface area contributed by atoms with Gasteiger partial charge in [-0.1, -0.05) is 12.1 Å². The van der Waals surface area contributed by atoms with E-state index in [9.17, 15) is 4.79 Å². The summed E-state index contributed by atoms with van der Waals surface area (Å²) in [5, 5.41) is 2.95. The topological polar surface area (TPSA) is 56.8 Å². The van der Waals surface area contributed by atoms with Crippen LogP contribution in [0.5, 0.6) is 17.2 Å². The van der Waals surface area contributed by atoms with Gasteiger partial charge in [0.05, 0.1) is 21.3 Å². The Morgan fingerprint density at radius 2 is 1.67 bits per heavy atom. The van der Waals surface area contributed by atoms with E-state index in [1.807, 2.05) is 30.3 Å². The van der Waals surface area contributed by atoms with Crippen molar-refractivity contribution in [3.63, 3.8) is 0 Å². The van der Waals surface area contributed by atoms with E-state index in [1.165, 1.54) is 5.56 Å². The first-order chi connectivity index (χ1) is 11.7. The van der Waals surface area contributed by atoms with Gasteiger partial charge in [-0.05, 0) is 42.2 Å². The summed E-state index contributed by atoms with van der Waals surface area (Å²) in [6.07, 6.45) is 0.867. The molecule has 1 aliphatic carbocycles. The Balaban J connectivity index is 1.64. The molecule has 0 heterocycles. The van der Waals surface area contributed by atoms with Gasteiger partial charge in [-0.25, -0.2) is 0 Å². The maximum atomic E-state index is 12.4. The van der Waals surface area contributed by atoms with Crippen LogP contribution < -0.4 is 19.5 Å². The molecule has 2 atom stereocenters. The lowest BCUT2D eigenvalue weighted by atomic mass is 10.1. The number of nitrogens with one attached hydrogen (secondary N) is 1. The van der Waals surface area contributed by atoms with Crippen molar-refractivity contribution in [2.45, 2.75) is 12.3 Å². The summed E-state index contributed by atoms with van der Waals surface area (Å²) >= 11 is 0. The summed E-state index contributed by atoms with van der Waals surface area (Å²) in [6, 6.07) is 13.3. The number of carbonyl (C=O) groups excluding carboxylic acids is 1. The average molecular weight is 327 g/mol. The standard InChI is InChI=1S/C19H21NO4/c1-22-14-7-4-12(5-8-14)15-11-16(15)19(21)20-13-6-9-17(23-2)18(10-13)24-3/h4-10,15-16H,11H2,1-3H3,(H,20,21). The molecule has 2 aromatic carbocycles. The maximum Gasteiger partial charge on any atom is 0.228 e. The molecular weight excluding hydrogens is 306 g/mol. The Bertz CT molecular complexity index is 727. The molecule has 2 unspecified atom stereocenters. The van der Waals surface area contributed by atoms with Gasteiger partial charge >= 0.3 is 0 Å². The number of hydrogen-bond donors (Lipinski definition) is 1. The Hall–Kier alpha value is -2.69. The van der Waals surface area contributed by atoms with E-state index in [0.717, 1.165) is 12.2 Å². The van der Waals surface area contributed by atoms with Gasteiger partial charge in [0.25, 0.3) is 0 Å². The average Bonchev–Trinajstić information content (AvgIpc) is 3.42. The molecule has 0 radical (unpaired) electrons. The fourth-order valence-electron chi connectivity index (χ4n) is 2.85. The second-order valence-electron chi connectivity index (χ2n) is 5.78. The molecule has 0 saturated heterocycles. The van der Waals surface area contributed by atoms with Crippen LogP contribution in [0.3, 0.4) is 0 Å². The highest BCUT2D eigenvalue weighted by molar-refractivity contribution is 5.95. The molecule has 1 amide bonds. The largest absolute Gasteiger partial charge is 0.497 e. The van der Waals surface area contributed by atoms with E-state index in [4.69, 9.17) is 14.2 Å². The molecule has 1 saturated carbocycles. The van der Waals surface area contributed by atoms with Crippen molar-refractivity contribution in [1.29, 1.82) is 0 Å². The van der Waals surface area contributed by atoms with E-state index in [1.54, 1.807) is 33.5 Å². The minimum atomic E-state index is 0.00601. The summed E-state index contributed by atoms with van der Waals surface area (Å²) in [5.41, 5.74) is 1.88. The van der Waals surface area contributed by atoms with Crippen molar-refractivity contribution >= 4 is 11.6 Å². The molecule has 5 nitrogen and oxygen atoms in total. The van der Waals surface area contributed by atoms with Crippen molar-refractivity contribution in [3.05, 3.63) is 48.0 Å². The lowest BCUT2D eigenvalue weighted by molar-refractivity contribution is -0.117. The van der Waals surface area contributed by atoms with E-state index in [2.05, 4.69) is 5.32 Å². The first-order valence-electron chi connectivity index (χ1n) is 7.83. The molecule has 0 spiro atoms. The van der Waals surface area contributed by atoms with Gasteiger partial charge < -0.3 is 19.5 Å². The predicted molar refractivity (Wildman–Crippen MR) is 92.0 cm³/mol. The molecule has 24 heavy (non-hydrogen) atoms. The third kappa shape index (κ3) is 3.30. The van der Waals surface area contributed by atoms with Gasteiger partial charge in [-0.2, -0.15) is 0 Å². The van der Waals surface area contributed by atoms with Gasteiger partial charge in [0, 0.05) is 17.7 Å². The van der Waals surface area contributed by atoms with Gasteiger partial charge in [0.15, 0.2) is 11.5 Å². The van der Waals surface area contributed by atoms with Crippen LogP contribution in [0, 0.1) is 5.92 Å². The van der Waals surface area contributed by atoms with Gasteiger partial charge in [-0.3, -0.25) is 4.79 Å². The molecule has 1 fully saturated rings. The van der Waals surface area contributed by atoms with Crippen LogP contribution in [0.15, 0.2) is 42.5 Å². The first kappa shape index (κ1) is 16.2. The second-order valence-corrected chi connectivity index (χ2v) is 5.78. The maximum absolute atomic E-state index is 12.4. The number of carbonyl (C=O) groups is 1. The highest BCUT2D eigenvalue weighted by Gasteiger charge is 2.43. The zero-order valence-electron chi connectivity index (χ0n) is 14.0. The van der Waals surface area contributed by atoms with E-state index in [-0.39, 0.29) is 17.7 Å². The fourth-order valence-corrected chi connectivity index (χ4v) is 2.85. The number of methoxy groups -OCH3 is 3. The molecule has 0 aliphatic heterocycles. The highest BCUT2D eigenvalue weighted by Crippen LogP contribution is 2.48. The van der Waals surface area contributed by atoms with Crippen LogP contribution in [0.25, 0.3) is 0 Å². The third-order valence-corrected chi connectivity index (χ3v) is 4.32. The number of anilines is 1. The molecule has 0 aromatic heterocycles. The SMILES string of the molecule is COc1ccc(C2CC2C(=O)Nc2ccc(OC)c(OC)c2)cc1. The predicted octanol–water partition coefficient (Wildman–Crippen LogP) is 3.45. The van der Waals surface area contributed by atoms with Gasteiger partial charge in [-0.15, -0.1) is 0 Å². The Morgan fingerprint density at radius 1 is 0.958 bits per heavy atom. The molecule has 1 aliphatic rings. The number of amides is 1. The molecule has 0 bridgehead atoms. The zero-order chi connectivity index (χ0) is 17.1. The van der Waals surface area contributed by atoms with Gasteiger partial charge in [0.2, 0.25) is 5.91 Å². The quantitative estimate of drug-likeness (QED) is 0.883. The van der Waals surface area contributed by atoms with E-state index in [0.29, 0.717) is 17.2 Å². The zero-order valence-corrected chi connectivity index (χ0v) is 14.0. The third-order valence-electron chi connectivity index (χ3n) is 4.32. The molecule has 3 rings (SSSR count). The normalized spacial score (nSPS) is 18.6. The van der Waals surface area contributed by atoms with Crippen molar-refractivity contribution in [1.82, 2.24) is 0 Å². The number of ether oxygens (including phenoxy) is 3. The van der Waals surface area contributed by atoms with Gasteiger partial charge in [0.1, 0.15) is 5.75 Å². The minimum absolute atomic E-state index is 0.00601. The molecule has 126 valence electrons.